The minimum atomic E-state index is -2.49. The van der Waals surface area contributed by atoms with Crippen molar-refractivity contribution in [1.29, 1.82) is 0 Å². The van der Waals surface area contributed by atoms with E-state index in [2.05, 4.69) is 84.1 Å². The predicted molar refractivity (Wildman–Crippen MR) is 194 cm³/mol. The number of thioether (sulfide) groups is 1. The van der Waals surface area contributed by atoms with Gasteiger partial charge in [-0.15, -0.1) is 21.0 Å². The summed E-state index contributed by atoms with van der Waals surface area (Å²) in [6.07, 6.45) is 5.26. The molecule has 0 radical (unpaired) electrons. The molecule has 0 bridgehead atoms. The Morgan fingerprint density at radius 1 is 1.27 bits per heavy atom. The molecule has 1 aliphatic rings. The molecule has 1 aliphatic carbocycles. The number of benzene rings is 1. The van der Waals surface area contributed by atoms with Crippen LogP contribution >= 0.6 is 49.4 Å². The highest BCUT2D eigenvalue weighted by atomic mass is 127. The van der Waals surface area contributed by atoms with Crippen LogP contribution in [0.5, 0.6) is 0 Å². The summed E-state index contributed by atoms with van der Waals surface area (Å²) in [5, 5.41) is 9.99. The van der Waals surface area contributed by atoms with Crippen LogP contribution in [0.4, 0.5) is 37.5 Å². The largest absolute Gasteiger partial charge is 0.394 e. The molecule has 0 amide bonds. The van der Waals surface area contributed by atoms with Crippen LogP contribution in [0.25, 0.3) is 0 Å². The fourth-order valence-electron chi connectivity index (χ4n) is 3.89. The van der Waals surface area contributed by atoms with Crippen LogP contribution in [0.15, 0.2) is 45.9 Å². The molecule has 0 aliphatic heterocycles. The summed E-state index contributed by atoms with van der Waals surface area (Å²) in [5.41, 5.74) is 4.62. The van der Waals surface area contributed by atoms with E-state index in [1.807, 2.05) is 53.3 Å². The second kappa shape index (κ2) is 20.6. The van der Waals surface area contributed by atoms with Gasteiger partial charge in [-0.1, -0.05) is 46.6 Å². The number of hydrogen-bond donors (Lipinski definition) is 3. The van der Waals surface area contributed by atoms with Gasteiger partial charge in [-0.25, -0.2) is 13.8 Å². The van der Waals surface area contributed by atoms with Crippen LogP contribution in [-0.4, -0.2) is 44.5 Å². The maximum absolute atomic E-state index is 13.4. The molecule has 1 aromatic carbocycles. The number of rotatable bonds is 15. The molecule has 1 aromatic heterocycles. The van der Waals surface area contributed by atoms with Crippen LogP contribution in [0.3, 0.4) is 0 Å². The third-order valence-electron chi connectivity index (χ3n) is 6.08. The van der Waals surface area contributed by atoms with Crippen molar-refractivity contribution in [3.63, 3.8) is 0 Å². The molecule has 3 N–H and O–H groups in total. The van der Waals surface area contributed by atoms with Gasteiger partial charge in [0, 0.05) is 36.6 Å². The smallest absolute Gasteiger partial charge is 0.256 e. The van der Waals surface area contributed by atoms with Gasteiger partial charge in [0.25, 0.3) is 6.43 Å². The lowest BCUT2D eigenvalue weighted by atomic mass is 10.1. The van der Waals surface area contributed by atoms with Crippen molar-refractivity contribution >= 4 is 84.8 Å². The van der Waals surface area contributed by atoms with Crippen LogP contribution < -0.4 is 20.6 Å². The van der Waals surface area contributed by atoms with Crippen molar-refractivity contribution in [3.05, 3.63) is 41.6 Å². The van der Waals surface area contributed by atoms with Crippen molar-refractivity contribution < 1.29 is 8.78 Å². The minimum absolute atomic E-state index is 0.0783. The maximum Gasteiger partial charge on any atom is 0.256 e. The highest BCUT2D eigenvalue weighted by Gasteiger charge is 2.23. The Morgan fingerprint density at radius 3 is 2.49 bits per heavy atom. The van der Waals surface area contributed by atoms with Crippen molar-refractivity contribution in [1.82, 2.24) is 10.3 Å². The molecule has 41 heavy (non-hydrogen) atoms. The zero-order valence-corrected chi connectivity index (χ0v) is 30.5. The van der Waals surface area contributed by atoms with E-state index in [0.717, 1.165) is 29.5 Å². The van der Waals surface area contributed by atoms with E-state index in [9.17, 15) is 8.78 Å². The molecule has 3 atom stereocenters. The third-order valence-corrected chi connectivity index (χ3v) is 10.1. The molecule has 0 spiro atoms. The van der Waals surface area contributed by atoms with Gasteiger partial charge in [0.05, 0.1) is 17.9 Å². The molecular weight excluding hydrogens is 691 g/mol. The fraction of sp³-hybridized carbons (Fsp3) is 0.517. The van der Waals surface area contributed by atoms with Gasteiger partial charge in [0.15, 0.2) is 5.82 Å². The molecule has 3 unspecified atom stereocenters. The van der Waals surface area contributed by atoms with Crippen molar-refractivity contribution in [3.8, 4) is 0 Å². The summed E-state index contributed by atoms with van der Waals surface area (Å²) in [6, 6.07) is 8.22. The molecule has 0 saturated heterocycles. The Hall–Kier alpha value is -1.22. The summed E-state index contributed by atoms with van der Waals surface area (Å²) in [6.45, 7) is 14.2. The second-order valence-electron chi connectivity index (χ2n) is 8.87. The lowest BCUT2D eigenvalue weighted by molar-refractivity contribution is 0.159. The van der Waals surface area contributed by atoms with Crippen molar-refractivity contribution in [2.75, 3.05) is 41.7 Å². The summed E-state index contributed by atoms with van der Waals surface area (Å²) >= 11 is 3.75. The van der Waals surface area contributed by atoms with E-state index in [1.165, 1.54) is 24.0 Å². The first kappa shape index (κ1) is 37.8. The Bertz CT molecular complexity index is 1110. The Labute approximate surface area is 267 Å². The summed E-state index contributed by atoms with van der Waals surface area (Å²) in [7, 11) is 4.79. The summed E-state index contributed by atoms with van der Waals surface area (Å²) in [4.78, 5) is 10.00. The molecule has 6 nitrogen and oxygen atoms in total. The van der Waals surface area contributed by atoms with Gasteiger partial charge in [0.2, 0.25) is 0 Å². The van der Waals surface area contributed by atoms with Gasteiger partial charge in [-0.2, -0.15) is 0 Å². The van der Waals surface area contributed by atoms with Gasteiger partial charge in [-0.05, 0) is 83.7 Å². The standard InChI is InChI=1S/C25H35F2IN6P2S.2C2H6/c1-15(13-29-2)24(35)17-7-8-18(20(11-17)37-4)32-19-12-22(31-10-9-16-5-6-16)33-25(23(19)30-3)34(36-28)14-21(26)27;2*1-2/h7-8,11-13,16,21,24,29,36H,3,5-6,9-10,14,35H2,1-2,4H3,(H2,31,32,33);2*1-2H3/b15-13-;;. The zero-order chi connectivity index (χ0) is 30.9. The fourth-order valence-corrected chi connectivity index (χ4v) is 6.51. The van der Waals surface area contributed by atoms with Crippen molar-refractivity contribution in [2.24, 2.45) is 10.9 Å². The highest BCUT2D eigenvalue weighted by Crippen LogP contribution is 2.45. The maximum atomic E-state index is 13.4. The molecule has 3 rings (SSSR count). The number of pyridine rings is 1. The zero-order valence-electron chi connectivity index (χ0n) is 25.3. The number of nitrogens with zero attached hydrogens (tertiary/aromatic N) is 3. The lowest BCUT2D eigenvalue weighted by Gasteiger charge is -2.25. The molecule has 230 valence electrons. The van der Waals surface area contributed by atoms with Crippen molar-refractivity contribution in [2.45, 2.75) is 70.9 Å². The van der Waals surface area contributed by atoms with E-state index in [-0.39, 0.29) is 12.0 Å². The summed E-state index contributed by atoms with van der Waals surface area (Å²) in [5.74, 6) is 1.82. The minimum Gasteiger partial charge on any atom is -0.394 e. The van der Waals surface area contributed by atoms with E-state index >= 15 is 0 Å². The van der Waals surface area contributed by atoms with Gasteiger partial charge in [-0.3, -0.25) is 4.99 Å². The molecule has 12 heteroatoms. The Kier molecular flexibility index (Phi) is 19.0. The van der Waals surface area contributed by atoms with Gasteiger partial charge in [0.1, 0.15) is 11.5 Å². The van der Waals surface area contributed by atoms with Gasteiger partial charge < -0.3 is 20.6 Å². The van der Waals surface area contributed by atoms with E-state index in [0.29, 0.717) is 23.0 Å². The first-order valence-corrected chi connectivity index (χ1v) is 20.0. The number of aliphatic imine (C=N–C) groups is 1. The lowest BCUT2D eigenvalue weighted by Crippen LogP contribution is -2.21. The van der Waals surface area contributed by atoms with Gasteiger partial charge >= 0.3 is 0 Å². The highest BCUT2D eigenvalue weighted by molar-refractivity contribution is 14.2. The third kappa shape index (κ3) is 12.1. The van der Waals surface area contributed by atoms with Crippen LogP contribution in [-0.2, 0) is 0 Å². The van der Waals surface area contributed by atoms with Crippen LogP contribution in [0.1, 0.15) is 65.1 Å². The first-order valence-electron chi connectivity index (χ1n) is 14.0. The Morgan fingerprint density at radius 2 is 1.95 bits per heavy atom. The molecule has 1 fully saturated rings. The molecule has 1 saturated carbocycles. The predicted octanol–water partition coefficient (Wildman–Crippen LogP) is 10.2. The molecular formula is C29H47F2IN6P2S. The molecule has 2 aromatic rings. The normalized spacial score (nSPS) is 13.6. The second-order valence-corrected chi connectivity index (χ2v) is 12.5. The number of hydrogen-bond acceptors (Lipinski definition) is 7. The van der Waals surface area contributed by atoms with E-state index in [1.54, 1.807) is 16.4 Å². The average Bonchev–Trinajstić information content (AvgIpc) is 3.82. The first-order chi connectivity index (χ1) is 19.8. The number of alkyl halides is 2. The average molecular weight is 739 g/mol. The monoisotopic (exact) mass is 738 g/mol. The number of aromatic nitrogens is 1. The van der Waals surface area contributed by atoms with Crippen LogP contribution in [0.2, 0.25) is 0 Å². The topological polar surface area (TPSA) is 64.6 Å². The summed E-state index contributed by atoms with van der Waals surface area (Å²) < 4.78 is 28.3. The van der Waals surface area contributed by atoms with Crippen LogP contribution in [0, 0.1) is 5.92 Å². The quantitative estimate of drug-likeness (QED) is 0.0732. The Balaban J connectivity index is 0.00000201. The van der Waals surface area contributed by atoms with E-state index < -0.39 is 13.0 Å². The number of allylic oxidation sites excluding steroid dienone is 1. The van der Waals surface area contributed by atoms with E-state index in [4.69, 9.17) is 4.98 Å². The SMILES string of the molecule is C=Nc1c(Nc2ccc(C(P)/C(C)=C\NC)cc2SC)cc(NCCC2CC2)nc1N(CC(F)F)PI.CC.CC. The number of halogens is 3. The number of nitrogens with one attached hydrogen (secondary N) is 3. The molecule has 1 heterocycles. The number of anilines is 4.